The first kappa shape index (κ1) is 14.0. The molecule has 1 aliphatic heterocycles. The van der Waals surface area contributed by atoms with E-state index >= 15 is 0 Å². The van der Waals surface area contributed by atoms with E-state index < -0.39 is 11.9 Å². The Morgan fingerprint density at radius 2 is 2.12 bits per heavy atom. The fourth-order valence-corrected chi connectivity index (χ4v) is 2.20. The molecule has 1 saturated heterocycles. The number of hydrogen-bond acceptors (Lipinski definition) is 3. The van der Waals surface area contributed by atoms with Crippen molar-refractivity contribution in [3.63, 3.8) is 0 Å². The molecule has 0 aromatic carbocycles. The van der Waals surface area contributed by atoms with Crippen molar-refractivity contribution in [1.29, 1.82) is 0 Å². The number of likely N-dealkylation sites (N-methyl/N-ethyl adjacent to an activating group) is 1. The molecule has 1 amide bonds. The number of rotatable bonds is 4. The number of hydrogen-bond donors (Lipinski definition) is 1. The Morgan fingerprint density at radius 1 is 1.47 bits per heavy atom. The molecule has 5 heteroatoms. The van der Waals surface area contributed by atoms with Crippen LogP contribution in [0, 0.1) is 5.92 Å². The lowest BCUT2D eigenvalue weighted by Gasteiger charge is -2.26. The molecule has 0 radical (unpaired) electrons. The van der Waals surface area contributed by atoms with Gasteiger partial charge in [0.1, 0.15) is 0 Å². The molecule has 0 aromatic rings. The molecule has 5 nitrogen and oxygen atoms in total. The summed E-state index contributed by atoms with van der Waals surface area (Å²) in [5.41, 5.74) is 0. The molecular weight excluding hydrogens is 220 g/mol. The second-order valence-electron chi connectivity index (χ2n) is 4.78. The van der Waals surface area contributed by atoms with Crippen LogP contribution in [0.3, 0.4) is 0 Å². The first-order valence-corrected chi connectivity index (χ1v) is 6.19. The van der Waals surface area contributed by atoms with Crippen LogP contribution in [0.15, 0.2) is 0 Å². The lowest BCUT2D eigenvalue weighted by Crippen LogP contribution is -2.43. The summed E-state index contributed by atoms with van der Waals surface area (Å²) < 4.78 is 0. The third kappa shape index (κ3) is 3.43. The van der Waals surface area contributed by atoms with Crippen LogP contribution < -0.4 is 0 Å². The first-order chi connectivity index (χ1) is 7.97. The molecule has 0 aromatic heterocycles. The monoisotopic (exact) mass is 242 g/mol. The molecule has 0 bridgehead atoms. The van der Waals surface area contributed by atoms with Gasteiger partial charge in [-0.3, -0.25) is 14.5 Å². The van der Waals surface area contributed by atoms with Crippen LogP contribution in [0.4, 0.5) is 0 Å². The van der Waals surface area contributed by atoms with Crippen molar-refractivity contribution in [3.05, 3.63) is 0 Å². The molecule has 0 spiro atoms. The zero-order chi connectivity index (χ0) is 13.0. The minimum absolute atomic E-state index is 0.0184. The van der Waals surface area contributed by atoms with E-state index in [1.54, 1.807) is 7.05 Å². The fourth-order valence-electron chi connectivity index (χ4n) is 2.20. The number of aliphatic carboxylic acids is 1. The lowest BCUT2D eigenvalue weighted by atomic mass is 10.1. The normalized spacial score (nSPS) is 27.0. The number of carboxylic acid groups (broad SMARTS) is 1. The van der Waals surface area contributed by atoms with Gasteiger partial charge < -0.3 is 10.0 Å². The van der Waals surface area contributed by atoms with Gasteiger partial charge in [-0.1, -0.05) is 13.3 Å². The molecule has 1 N–H and O–H groups in total. The molecular formula is C12H22N2O3. The van der Waals surface area contributed by atoms with E-state index in [1.807, 2.05) is 11.8 Å². The Hall–Kier alpha value is -1.10. The fraction of sp³-hybridized carbons (Fsp3) is 0.833. The maximum Gasteiger partial charge on any atom is 0.309 e. The molecule has 98 valence electrons. The van der Waals surface area contributed by atoms with E-state index in [-0.39, 0.29) is 11.9 Å². The molecule has 2 unspecified atom stereocenters. The van der Waals surface area contributed by atoms with Crippen LogP contribution in [0.25, 0.3) is 0 Å². The van der Waals surface area contributed by atoms with Crippen molar-refractivity contribution in [2.24, 2.45) is 5.92 Å². The van der Waals surface area contributed by atoms with E-state index in [0.717, 1.165) is 19.4 Å². The third-order valence-corrected chi connectivity index (χ3v) is 3.38. The van der Waals surface area contributed by atoms with Crippen molar-refractivity contribution in [1.82, 2.24) is 9.80 Å². The molecule has 1 aliphatic rings. The van der Waals surface area contributed by atoms with Crippen LogP contribution >= 0.6 is 0 Å². The maximum absolute atomic E-state index is 12.0. The highest BCUT2D eigenvalue weighted by Crippen LogP contribution is 2.15. The van der Waals surface area contributed by atoms with Crippen molar-refractivity contribution >= 4 is 11.9 Å². The Kier molecular flexibility index (Phi) is 4.93. The zero-order valence-electron chi connectivity index (χ0n) is 10.8. The predicted octanol–water partition coefficient (Wildman–Crippen LogP) is 0.650. The quantitative estimate of drug-likeness (QED) is 0.786. The van der Waals surface area contributed by atoms with Crippen molar-refractivity contribution in [3.8, 4) is 0 Å². The van der Waals surface area contributed by atoms with Gasteiger partial charge in [-0.2, -0.15) is 0 Å². The van der Waals surface area contributed by atoms with E-state index in [0.29, 0.717) is 13.1 Å². The largest absolute Gasteiger partial charge is 0.481 e. The average Bonchev–Trinajstić information content (AvgIpc) is 2.39. The summed E-state index contributed by atoms with van der Waals surface area (Å²) in [6, 6.07) is -0.212. The third-order valence-electron chi connectivity index (χ3n) is 3.38. The van der Waals surface area contributed by atoms with Crippen LogP contribution in [0.1, 0.15) is 26.7 Å². The van der Waals surface area contributed by atoms with Gasteiger partial charge >= 0.3 is 5.97 Å². The topological polar surface area (TPSA) is 60.9 Å². The highest BCUT2D eigenvalue weighted by molar-refractivity contribution is 5.82. The number of carboxylic acids is 1. The standard InChI is InChI=1S/C12H22N2O3/c1-4-5-6-14-8-10(12(16)17)7-13(3)11(15)9(14)2/h9-10H,4-8H2,1-3H3,(H,16,17). The van der Waals surface area contributed by atoms with Gasteiger partial charge in [-0.15, -0.1) is 0 Å². The van der Waals surface area contributed by atoms with Crippen LogP contribution in [0.5, 0.6) is 0 Å². The summed E-state index contributed by atoms with van der Waals surface area (Å²) >= 11 is 0. The number of nitrogens with zero attached hydrogens (tertiary/aromatic N) is 2. The van der Waals surface area contributed by atoms with Gasteiger partial charge in [0.05, 0.1) is 12.0 Å². The van der Waals surface area contributed by atoms with Gasteiger partial charge in [-0.25, -0.2) is 0 Å². The number of carbonyl (C=O) groups is 2. The van der Waals surface area contributed by atoms with Crippen LogP contribution in [-0.2, 0) is 9.59 Å². The maximum atomic E-state index is 12.0. The average molecular weight is 242 g/mol. The predicted molar refractivity (Wildman–Crippen MR) is 64.7 cm³/mol. The van der Waals surface area contributed by atoms with Gasteiger partial charge in [-0.05, 0) is 19.9 Å². The summed E-state index contributed by atoms with van der Waals surface area (Å²) in [6.45, 7) is 5.51. The van der Waals surface area contributed by atoms with Gasteiger partial charge in [0.2, 0.25) is 5.91 Å². The molecule has 1 fully saturated rings. The van der Waals surface area contributed by atoms with E-state index in [1.165, 1.54) is 4.90 Å². The SMILES string of the molecule is CCCCN1CC(C(=O)O)CN(C)C(=O)C1C. The first-order valence-electron chi connectivity index (χ1n) is 6.19. The summed E-state index contributed by atoms with van der Waals surface area (Å²) in [7, 11) is 1.68. The molecule has 1 rings (SSSR count). The summed E-state index contributed by atoms with van der Waals surface area (Å²) in [6.07, 6.45) is 2.04. The van der Waals surface area contributed by atoms with Crippen molar-refractivity contribution in [2.75, 3.05) is 26.7 Å². The summed E-state index contributed by atoms with van der Waals surface area (Å²) in [5, 5.41) is 9.13. The Labute approximate surface area is 102 Å². The second kappa shape index (κ2) is 6.00. The van der Waals surface area contributed by atoms with Crippen molar-refractivity contribution in [2.45, 2.75) is 32.7 Å². The number of carbonyl (C=O) groups excluding carboxylic acids is 1. The smallest absolute Gasteiger partial charge is 0.309 e. The minimum Gasteiger partial charge on any atom is -0.481 e. The summed E-state index contributed by atoms with van der Waals surface area (Å²) in [5.74, 6) is -1.28. The Morgan fingerprint density at radius 3 is 2.65 bits per heavy atom. The van der Waals surface area contributed by atoms with Crippen LogP contribution in [0.2, 0.25) is 0 Å². The van der Waals surface area contributed by atoms with Crippen molar-refractivity contribution < 1.29 is 14.7 Å². The Balaban J connectivity index is 2.79. The van der Waals surface area contributed by atoms with E-state index in [9.17, 15) is 9.59 Å². The second-order valence-corrected chi connectivity index (χ2v) is 4.78. The molecule has 2 atom stereocenters. The molecule has 0 aliphatic carbocycles. The zero-order valence-corrected chi connectivity index (χ0v) is 10.8. The molecule has 17 heavy (non-hydrogen) atoms. The lowest BCUT2D eigenvalue weighted by molar-refractivity contribution is -0.142. The van der Waals surface area contributed by atoms with Gasteiger partial charge in [0.25, 0.3) is 0 Å². The Bertz CT molecular complexity index is 293. The van der Waals surface area contributed by atoms with E-state index in [2.05, 4.69) is 6.92 Å². The van der Waals surface area contributed by atoms with Gasteiger partial charge in [0, 0.05) is 20.1 Å². The molecule has 1 heterocycles. The van der Waals surface area contributed by atoms with E-state index in [4.69, 9.17) is 5.11 Å². The molecule has 0 saturated carbocycles. The number of unbranched alkanes of at least 4 members (excludes halogenated alkanes) is 1. The minimum atomic E-state index is -0.819. The number of amides is 1. The van der Waals surface area contributed by atoms with Gasteiger partial charge in [0.15, 0.2) is 0 Å². The highest BCUT2D eigenvalue weighted by atomic mass is 16.4. The summed E-state index contributed by atoms with van der Waals surface area (Å²) in [4.78, 5) is 26.6. The highest BCUT2D eigenvalue weighted by Gasteiger charge is 2.34. The van der Waals surface area contributed by atoms with Crippen LogP contribution in [-0.4, -0.2) is 59.5 Å².